The number of nitrogens with one attached hydrogen (secondary N) is 1. The molecule has 2 heterocycles. The van der Waals surface area contributed by atoms with E-state index in [1.54, 1.807) is 11.7 Å². The fourth-order valence-electron chi connectivity index (χ4n) is 3.23. The van der Waals surface area contributed by atoms with Crippen molar-refractivity contribution in [3.05, 3.63) is 71.5 Å². The van der Waals surface area contributed by atoms with Crippen LogP contribution in [0, 0.1) is 6.92 Å². The smallest absolute Gasteiger partial charge is 0.416 e. The van der Waals surface area contributed by atoms with Gasteiger partial charge in [-0.2, -0.15) is 18.3 Å². The van der Waals surface area contributed by atoms with Crippen molar-refractivity contribution in [1.29, 1.82) is 0 Å². The normalized spacial score (nSPS) is 11.9. The van der Waals surface area contributed by atoms with E-state index in [2.05, 4.69) is 10.1 Å². The molecule has 2 aromatic heterocycles. The van der Waals surface area contributed by atoms with Crippen molar-refractivity contribution in [3.63, 3.8) is 0 Å². The van der Waals surface area contributed by atoms with Crippen LogP contribution >= 0.6 is 0 Å². The van der Waals surface area contributed by atoms with Gasteiger partial charge in [0.05, 0.1) is 17.0 Å². The van der Waals surface area contributed by atoms with Gasteiger partial charge in [-0.25, -0.2) is 0 Å². The number of benzene rings is 2. The minimum atomic E-state index is -4.35. The lowest BCUT2D eigenvalue weighted by Gasteiger charge is -2.08. The lowest BCUT2D eigenvalue weighted by atomic mass is 10.0. The summed E-state index contributed by atoms with van der Waals surface area (Å²) in [7, 11) is 1.80. The Morgan fingerprint density at radius 3 is 2.54 bits per heavy atom. The summed E-state index contributed by atoms with van der Waals surface area (Å²) in [5.74, 6) is 0.728. The largest absolute Gasteiger partial charge is 0.487 e. The SMILES string of the molecule is Cc1c(-c2ccc(C(F)(F)F)cc2)nn(C)c1COc1ccc2cc[nH]c2c1. The van der Waals surface area contributed by atoms with Crippen molar-refractivity contribution in [2.75, 3.05) is 0 Å². The average molecular weight is 385 g/mol. The number of halogens is 3. The van der Waals surface area contributed by atoms with E-state index in [9.17, 15) is 13.2 Å². The molecule has 0 unspecified atom stereocenters. The van der Waals surface area contributed by atoms with Crippen molar-refractivity contribution in [2.45, 2.75) is 19.7 Å². The molecule has 4 nitrogen and oxygen atoms in total. The predicted octanol–water partition coefficient (Wildman–Crippen LogP) is 5.47. The fraction of sp³-hybridized carbons (Fsp3) is 0.190. The van der Waals surface area contributed by atoms with E-state index in [0.29, 0.717) is 17.9 Å². The van der Waals surface area contributed by atoms with Gasteiger partial charge in [0, 0.05) is 36.0 Å². The van der Waals surface area contributed by atoms with Crippen LogP contribution in [0.1, 0.15) is 16.8 Å². The minimum absolute atomic E-state index is 0.308. The Labute approximate surface area is 159 Å². The number of hydrogen-bond acceptors (Lipinski definition) is 2. The first-order chi connectivity index (χ1) is 13.3. The summed E-state index contributed by atoms with van der Waals surface area (Å²) in [6.07, 6.45) is -2.48. The van der Waals surface area contributed by atoms with E-state index in [4.69, 9.17) is 4.74 Å². The molecular formula is C21H18F3N3O. The van der Waals surface area contributed by atoms with E-state index in [1.165, 1.54) is 12.1 Å². The number of hydrogen-bond donors (Lipinski definition) is 1. The van der Waals surface area contributed by atoms with Crippen molar-refractivity contribution >= 4 is 10.9 Å². The monoisotopic (exact) mass is 385 g/mol. The second-order valence-electron chi connectivity index (χ2n) is 6.63. The zero-order valence-electron chi connectivity index (χ0n) is 15.3. The molecule has 0 aliphatic heterocycles. The maximum Gasteiger partial charge on any atom is 0.416 e. The summed E-state index contributed by atoms with van der Waals surface area (Å²) < 4.78 is 45.9. The molecule has 0 fully saturated rings. The molecular weight excluding hydrogens is 367 g/mol. The Balaban J connectivity index is 1.56. The molecule has 0 saturated heterocycles. The fourth-order valence-corrected chi connectivity index (χ4v) is 3.23. The standard InChI is InChI=1S/C21H18F3N3O/c1-13-19(12-28-17-8-5-14-9-10-25-18(14)11-17)27(2)26-20(13)15-3-6-16(7-4-15)21(22,23)24/h3-11,25H,12H2,1-2H3. The molecule has 7 heteroatoms. The van der Waals surface area contributed by atoms with Gasteiger partial charge >= 0.3 is 6.18 Å². The van der Waals surface area contributed by atoms with Crippen molar-refractivity contribution in [1.82, 2.24) is 14.8 Å². The van der Waals surface area contributed by atoms with E-state index in [-0.39, 0.29) is 0 Å². The minimum Gasteiger partial charge on any atom is -0.487 e. The number of rotatable bonds is 4. The molecule has 0 bridgehead atoms. The number of aromatic amines is 1. The highest BCUT2D eigenvalue weighted by Crippen LogP contribution is 2.32. The van der Waals surface area contributed by atoms with Crippen LogP contribution in [0.25, 0.3) is 22.2 Å². The third kappa shape index (κ3) is 3.35. The summed E-state index contributed by atoms with van der Waals surface area (Å²) >= 11 is 0. The second-order valence-corrected chi connectivity index (χ2v) is 6.63. The number of fused-ring (bicyclic) bond motifs is 1. The lowest BCUT2D eigenvalue weighted by Crippen LogP contribution is -2.04. The van der Waals surface area contributed by atoms with Gasteiger partial charge in [-0.15, -0.1) is 0 Å². The molecule has 2 aromatic carbocycles. The first-order valence-corrected chi connectivity index (χ1v) is 8.73. The van der Waals surface area contributed by atoms with Crippen LogP contribution in [0.2, 0.25) is 0 Å². The maximum absolute atomic E-state index is 12.8. The summed E-state index contributed by atoms with van der Waals surface area (Å²) in [4.78, 5) is 3.14. The molecule has 0 spiro atoms. The van der Waals surface area contributed by atoms with Gasteiger partial charge in [0.25, 0.3) is 0 Å². The first-order valence-electron chi connectivity index (χ1n) is 8.73. The highest BCUT2D eigenvalue weighted by Gasteiger charge is 2.30. The molecule has 4 aromatic rings. The third-order valence-electron chi connectivity index (χ3n) is 4.82. The molecule has 0 amide bonds. The number of aryl methyl sites for hydroxylation is 1. The van der Waals surface area contributed by atoms with Crippen molar-refractivity contribution < 1.29 is 17.9 Å². The summed E-state index contributed by atoms with van der Waals surface area (Å²) in [6.45, 7) is 2.20. The van der Waals surface area contributed by atoms with Crippen LogP contribution in [0.3, 0.4) is 0 Å². The Morgan fingerprint density at radius 1 is 1.07 bits per heavy atom. The molecule has 144 valence electrons. The Hall–Kier alpha value is -3.22. The van der Waals surface area contributed by atoms with Gasteiger partial charge in [0.1, 0.15) is 12.4 Å². The van der Waals surface area contributed by atoms with Gasteiger partial charge < -0.3 is 9.72 Å². The first kappa shape index (κ1) is 18.2. The highest BCUT2D eigenvalue weighted by atomic mass is 19.4. The maximum atomic E-state index is 12.8. The van der Waals surface area contributed by atoms with Gasteiger partial charge in [-0.1, -0.05) is 12.1 Å². The quantitative estimate of drug-likeness (QED) is 0.506. The van der Waals surface area contributed by atoms with Crippen LogP contribution in [0.15, 0.2) is 54.7 Å². The number of alkyl halides is 3. The highest BCUT2D eigenvalue weighted by molar-refractivity contribution is 5.80. The molecule has 1 N–H and O–H groups in total. The number of ether oxygens (including phenoxy) is 1. The van der Waals surface area contributed by atoms with Gasteiger partial charge in [-0.3, -0.25) is 4.68 Å². The molecule has 0 radical (unpaired) electrons. The zero-order chi connectivity index (χ0) is 19.9. The average Bonchev–Trinajstić information content (AvgIpc) is 3.23. The molecule has 0 aliphatic rings. The molecule has 0 saturated carbocycles. The van der Waals surface area contributed by atoms with Gasteiger partial charge in [0.2, 0.25) is 0 Å². The topological polar surface area (TPSA) is 42.8 Å². The lowest BCUT2D eigenvalue weighted by molar-refractivity contribution is -0.137. The Morgan fingerprint density at radius 2 is 1.82 bits per heavy atom. The number of nitrogens with zero attached hydrogens (tertiary/aromatic N) is 2. The third-order valence-corrected chi connectivity index (χ3v) is 4.82. The van der Waals surface area contributed by atoms with Crippen molar-refractivity contribution in [3.8, 4) is 17.0 Å². The number of H-pyrrole nitrogens is 1. The van der Waals surface area contributed by atoms with E-state index in [0.717, 1.165) is 40.0 Å². The van der Waals surface area contributed by atoms with Crippen LogP contribution in [-0.2, 0) is 19.8 Å². The summed E-state index contributed by atoms with van der Waals surface area (Å²) in [6, 6.07) is 12.8. The zero-order valence-corrected chi connectivity index (χ0v) is 15.3. The second kappa shape index (κ2) is 6.74. The van der Waals surface area contributed by atoms with Crippen molar-refractivity contribution in [2.24, 2.45) is 7.05 Å². The van der Waals surface area contributed by atoms with Gasteiger partial charge in [0.15, 0.2) is 0 Å². The van der Waals surface area contributed by atoms with Crippen LogP contribution in [0.5, 0.6) is 5.75 Å². The Kier molecular flexibility index (Phi) is 4.37. The van der Waals surface area contributed by atoms with E-state index in [1.807, 2.05) is 37.4 Å². The van der Waals surface area contributed by atoms with Crippen LogP contribution in [0.4, 0.5) is 13.2 Å². The van der Waals surface area contributed by atoms with Crippen LogP contribution < -0.4 is 4.74 Å². The molecule has 0 aliphatic carbocycles. The van der Waals surface area contributed by atoms with Gasteiger partial charge in [-0.05, 0) is 42.6 Å². The number of aromatic nitrogens is 3. The Bertz CT molecular complexity index is 1120. The van der Waals surface area contributed by atoms with Crippen LogP contribution in [-0.4, -0.2) is 14.8 Å². The summed E-state index contributed by atoms with van der Waals surface area (Å²) in [5, 5.41) is 5.58. The predicted molar refractivity (Wildman–Crippen MR) is 101 cm³/mol. The molecule has 4 rings (SSSR count). The molecule has 0 atom stereocenters. The van der Waals surface area contributed by atoms with E-state index < -0.39 is 11.7 Å². The van der Waals surface area contributed by atoms with E-state index >= 15 is 0 Å². The molecule has 28 heavy (non-hydrogen) atoms. The summed E-state index contributed by atoms with van der Waals surface area (Å²) in [5.41, 5.74) is 3.34.